The van der Waals surface area contributed by atoms with Gasteiger partial charge < -0.3 is 0 Å². The molecule has 0 saturated carbocycles. The maximum Gasteiger partial charge on any atom is 0.274 e. The van der Waals surface area contributed by atoms with Gasteiger partial charge >= 0.3 is 0 Å². The molecule has 0 aromatic heterocycles. The van der Waals surface area contributed by atoms with E-state index in [1.54, 1.807) is 0 Å². The highest BCUT2D eigenvalue weighted by Crippen LogP contribution is 2.27. The van der Waals surface area contributed by atoms with E-state index in [1.165, 1.54) is 25.1 Å². The van der Waals surface area contributed by atoms with Gasteiger partial charge in [0.05, 0.1) is 16.2 Å². The zero-order valence-electron chi connectivity index (χ0n) is 11.2. The van der Waals surface area contributed by atoms with E-state index in [2.05, 4.69) is 0 Å². The zero-order chi connectivity index (χ0) is 16.5. The molecule has 0 heterocycles. The first-order valence-electron chi connectivity index (χ1n) is 5.94. The van der Waals surface area contributed by atoms with E-state index in [0.717, 1.165) is 6.07 Å². The number of nitrogens with zero attached hydrogens (tertiary/aromatic N) is 1. The minimum absolute atomic E-state index is 0.0629. The molecule has 0 fully saturated rings. The number of benzene rings is 2. The highest BCUT2D eigenvalue weighted by Gasteiger charge is 2.22. The summed E-state index contributed by atoms with van der Waals surface area (Å²) < 4.78 is 53.0. The predicted molar refractivity (Wildman–Crippen MR) is 75.0 cm³/mol. The first-order chi connectivity index (χ1) is 10.2. The van der Waals surface area contributed by atoms with Crippen LogP contribution in [0.5, 0.6) is 0 Å². The average Bonchev–Trinajstić information content (AvgIpc) is 2.43. The molecular weight excluding hydrogens is 318 g/mol. The molecule has 0 aliphatic carbocycles. The van der Waals surface area contributed by atoms with Crippen molar-refractivity contribution in [3.05, 3.63) is 63.7 Å². The van der Waals surface area contributed by atoms with E-state index in [-0.39, 0.29) is 16.9 Å². The molecule has 1 N–H and O–H groups in total. The number of sulfonamides is 1. The fourth-order valence-electron chi connectivity index (χ4n) is 1.81. The van der Waals surface area contributed by atoms with Crippen LogP contribution in [0.4, 0.5) is 20.2 Å². The number of anilines is 1. The van der Waals surface area contributed by atoms with E-state index in [1.807, 2.05) is 4.72 Å². The second kappa shape index (κ2) is 5.68. The molecule has 0 unspecified atom stereocenters. The van der Waals surface area contributed by atoms with Gasteiger partial charge in [-0.05, 0) is 31.2 Å². The fraction of sp³-hybridized carbons (Fsp3) is 0.0769. The van der Waals surface area contributed by atoms with Gasteiger partial charge in [-0.2, -0.15) is 0 Å². The van der Waals surface area contributed by atoms with Gasteiger partial charge in [0.1, 0.15) is 16.5 Å². The molecule has 2 rings (SSSR count). The molecule has 2 aromatic carbocycles. The summed E-state index contributed by atoms with van der Waals surface area (Å²) >= 11 is 0. The highest BCUT2D eigenvalue weighted by atomic mass is 32.2. The lowest BCUT2D eigenvalue weighted by Crippen LogP contribution is -2.16. The third-order valence-electron chi connectivity index (χ3n) is 2.93. The van der Waals surface area contributed by atoms with Crippen molar-refractivity contribution in [1.29, 1.82) is 0 Å². The zero-order valence-corrected chi connectivity index (χ0v) is 12.0. The van der Waals surface area contributed by atoms with Gasteiger partial charge in [0.25, 0.3) is 15.7 Å². The van der Waals surface area contributed by atoms with Crippen LogP contribution in [-0.4, -0.2) is 13.3 Å². The number of nitro benzene ring substituents is 1. The molecule has 0 saturated heterocycles. The second-order valence-corrected chi connectivity index (χ2v) is 6.04. The van der Waals surface area contributed by atoms with E-state index in [4.69, 9.17) is 0 Å². The Morgan fingerprint density at radius 2 is 1.86 bits per heavy atom. The Balaban J connectivity index is 2.48. The highest BCUT2D eigenvalue weighted by molar-refractivity contribution is 7.92. The fourth-order valence-corrected chi connectivity index (χ4v) is 3.03. The monoisotopic (exact) mass is 328 g/mol. The van der Waals surface area contributed by atoms with Crippen LogP contribution in [0.25, 0.3) is 0 Å². The number of rotatable bonds is 4. The van der Waals surface area contributed by atoms with Gasteiger partial charge in [-0.15, -0.1) is 0 Å². The minimum atomic E-state index is -4.42. The van der Waals surface area contributed by atoms with Crippen molar-refractivity contribution < 1.29 is 22.1 Å². The quantitative estimate of drug-likeness (QED) is 0.690. The van der Waals surface area contributed by atoms with E-state index in [9.17, 15) is 27.3 Å². The molecule has 0 aliphatic rings. The first kappa shape index (κ1) is 15.8. The van der Waals surface area contributed by atoms with Crippen molar-refractivity contribution >= 4 is 21.4 Å². The van der Waals surface area contributed by atoms with Gasteiger partial charge in [-0.1, -0.05) is 6.07 Å². The predicted octanol–water partition coefficient (Wildman–Crippen LogP) is 2.98. The first-order valence-corrected chi connectivity index (χ1v) is 7.42. The normalized spacial score (nSPS) is 11.2. The van der Waals surface area contributed by atoms with Crippen LogP contribution >= 0.6 is 0 Å². The molecule has 116 valence electrons. The van der Waals surface area contributed by atoms with Crippen molar-refractivity contribution in [2.24, 2.45) is 0 Å². The number of nitro groups is 1. The number of hydrogen-bond acceptors (Lipinski definition) is 4. The number of hydrogen-bond donors (Lipinski definition) is 1. The van der Waals surface area contributed by atoms with Crippen molar-refractivity contribution in [2.75, 3.05) is 4.72 Å². The average molecular weight is 328 g/mol. The molecule has 2 aromatic rings. The summed E-state index contributed by atoms with van der Waals surface area (Å²) in [6.45, 7) is 1.35. The van der Waals surface area contributed by atoms with Crippen molar-refractivity contribution in [1.82, 2.24) is 0 Å². The largest absolute Gasteiger partial charge is 0.279 e. The number of nitrogens with one attached hydrogen (secondary N) is 1. The Bertz CT molecular complexity index is 853. The standard InChI is InChI=1S/C13H10F2N2O4S/c1-8-11(3-2-4-12(8)17(18)19)16-22(20,21)13-7-9(14)5-6-10(13)15/h2-7,16H,1H3. The molecule has 0 atom stereocenters. The third-order valence-corrected chi connectivity index (χ3v) is 4.31. The SMILES string of the molecule is Cc1c(NS(=O)(=O)c2cc(F)ccc2F)cccc1[N+](=O)[O-]. The van der Waals surface area contributed by atoms with Crippen LogP contribution < -0.4 is 4.72 Å². The topological polar surface area (TPSA) is 89.3 Å². The summed E-state index contributed by atoms with van der Waals surface area (Å²) in [5.74, 6) is -2.05. The Morgan fingerprint density at radius 3 is 2.50 bits per heavy atom. The lowest BCUT2D eigenvalue weighted by atomic mass is 10.2. The Labute approximate surface area is 124 Å². The molecule has 0 amide bonds. The summed E-state index contributed by atoms with van der Waals surface area (Å²) in [6.07, 6.45) is 0. The smallest absolute Gasteiger partial charge is 0.274 e. The van der Waals surface area contributed by atoms with E-state index < -0.39 is 31.5 Å². The van der Waals surface area contributed by atoms with Gasteiger partial charge in [0.15, 0.2) is 0 Å². The lowest BCUT2D eigenvalue weighted by molar-refractivity contribution is -0.385. The molecule has 0 radical (unpaired) electrons. The van der Waals surface area contributed by atoms with Gasteiger partial charge in [0, 0.05) is 6.07 Å². The molecule has 0 bridgehead atoms. The second-order valence-electron chi connectivity index (χ2n) is 4.39. The minimum Gasteiger partial charge on any atom is -0.279 e. The lowest BCUT2D eigenvalue weighted by Gasteiger charge is -2.11. The molecule has 22 heavy (non-hydrogen) atoms. The molecule has 6 nitrogen and oxygen atoms in total. The summed E-state index contributed by atoms with van der Waals surface area (Å²) in [6, 6.07) is 5.78. The van der Waals surface area contributed by atoms with Crippen molar-refractivity contribution in [3.63, 3.8) is 0 Å². The van der Waals surface area contributed by atoms with Crippen LogP contribution in [0.3, 0.4) is 0 Å². The van der Waals surface area contributed by atoms with Crippen molar-refractivity contribution in [2.45, 2.75) is 11.8 Å². The Morgan fingerprint density at radius 1 is 1.18 bits per heavy atom. The maximum absolute atomic E-state index is 13.6. The van der Waals surface area contributed by atoms with E-state index in [0.29, 0.717) is 12.1 Å². The molecule has 0 spiro atoms. The molecular formula is C13H10F2N2O4S. The summed E-state index contributed by atoms with van der Waals surface area (Å²) in [4.78, 5) is 9.28. The van der Waals surface area contributed by atoms with Crippen LogP contribution in [0, 0.1) is 28.7 Å². The van der Waals surface area contributed by atoms with Gasteiger partial charge in [-0.25, -0.2) is 17.2 Å². The summed E-state index contributed by atoms with van der Waals surface area (Å²) in [5.41, 5.74) is -0.314. The van der Waals surface area contributed by atoms with Gasteiger partial charge in [0.2, 0.25) is 0 Å². The van der Waals surface area contributed by atoms with Gasteiger partial charge in [-0.3, -0.25) is 14.8 Å². The summed E-state index contributed by atoms with van der Waals surface area (Å²) in [7, 11) is -4.42. The van der Waals surface area contributed by atoms with Crippen molar-refractivity contribution in [3.8, 4) is 0 Å². The maximum atomic E-state index is 13.6. The third kappa shape index (κ3) is 3.03. The van der Waals surface area contributed by atoms with E-state index >= 15 is 0 Å². The van der Waals surface area contributed by atoms with Crippen LogP contribution in [-0.2, 0) is 10.0 Å². The summed E-state index contributed by atoms with van der Waals surface area (Å²) in [5, 5.41) is 10.8. The van der Waals surface area contributed by atoms with Crippen LogP contribution in [0.2, 0.25) is 0 Å². The number of halogens is 2. The Hall–Kier alpha value is -2.55. The van der Waals surface area contributed by atoms with Crippen LogP contribution in [0.15, 0.2) is 41.3 Å². The van der Waals surface area contributed by atoms with Crippen LogP contribution in [0.1, 0.15) is 5.56 Å². The Kier molecular flexibility index (Phi) is 4.09. The molecule has 0 aliphatic heterocycles. The molecule has 9 heteroatoms.